The number of hydrogen-bond donors (Lipinski definition) is 3. The van der Waals surface area contributed by atoms with Gasteiger partial charge >= 0.3 is 5.97 Å². The van der Waals surface area contributed by atoms with Gasteiger partial charge in [-0.15, -0.1) is 0 Å². The van der Waals surface area contributed by atoms with Crippen LogP contribution in [-0.2, 0) is 14.3 Å². The zero-order valence-corrected chi connectivity index (χ0v) is 21.3. The van der Waals surface area contributed by atoms with Crippen LogP contribution in [0.3, 0.4) is 0 Å². The van der Waals surface area contributed by atoms with E-state index in [0.717, 1.165) is 0 Å². The number of aryl methyl sites for hydroxylation is 1. The average Bonchev–Trinajstić information content (AvgIpc) is 3.28. The number of amides is 3. The van der Waals surface area contributed by atoms with E-state index in [0.29, 0.717) is 34.1 Å². The molecule has 5 N–H and O–H groups in total. The van der Waals surface area contributed by atoms with E-state index in [9.17, 15) is 19.2 Å². The molecular formula is C25H27N5O6S. The molecule has 0 saturated heterocycles. The van der Waals surface area contributed by atoms with Crippen molar-refractivity contribution < 1.29 is 28.7 Å². The summed E-state index contributed by atoms with van der Waals surface area (Å²) in [5, 5.41) is 2.55. The summed E-state index contributed by atoms with van der Waals surface area (Å²) in [6.07, 6.45) is 0. The summed E-state index contributed by atoms with van der Waals surface area (Å²) < 4.78 is 14.1. The molecule has 0 aliphatic heterocycles. The Kier molecular flexibility index (Phi) is 8.80. The van der Waals surface area contributed by atoms with Gasteiger partial charge in [0.2, 0.25) is 5.91 Å². The highest BCUT2D eigenvalue weighted by atomic mass is 32.1. The van der Waals surface area contributed by atoms with Crippen molar-refractivity contribution in [3.05, 3.63) is 70.2 Å². The molecule has 0 saturated carbocycles. The zero-order chi connectivity index (χ0) is 27.1. The molecule has 0 radical (unpaired) electrons. The van der Waals surface area contributed by atoms with Crippen molar-refractivity contribution in [2.45, 2.75) is 19.9 Å². The van der Waals surface area contributed by atoms with E-state index in [1.54, 1.807) is 62.4 Å². The van der Waals surface area contributed by atoms with Crippen molar-refractivity contribution in [1.82, 2.24) is 9.69 Å². The quantitative estimate of drug-likeness (QED) is 0.339. The van der Waals surface area contributed by atoms with E-state index >= 15 is 0 Å². The number of nitrogen functional groups attached to an aromatic ring is 1. The largest absolute Gasteiger partial charge is 0.497 e. The van der Waals surface area contributed by atoms with Gasteiger partial charge in [0, 0.05) is 5.69 Å². The Hall–Kier alpha value is -4.45. The SMILES string of the molecule is CCOC(=O)CNC(=O)C(c1ccc(OC)cc1)N(C(=O)c1snc(C(N)=O)c1N)c1ccccc1C. The summed E-state index contributed by atoms with van der Waals surface area (Å²) in [4.78, 5) is 52.5. The van der Waals surface area contributed by atoms with E-state index in [1.807, 2.05) is 0 Å². The molecule has 0 bridgehead atoms. The van der Waals surface area contributed by atoms with Crippen LogP contribution in [0.4, 0.5) is 11.4 Å². The molecule has 0 aliphatic carbocycles. The highest BCUT2D eigenvalue weighted by Crippen LogP contribution is 2.35. The number of ether oxygens (including phenoxy) is 2. The molecule has 1 heterocycles. The first-order valence-corrected chi connectivity index (χ1v) is 12.0. The zero-order valence-electron chi connectivity index (χ0n) is 20.5. The molecule has 2 aromatic carbocycles. The van der Waals surface area contributed by atoms with Crippen LogP contribution in [-0.4, -0.2) is 48.3 Å². The second-order valence-corrected chi connectivity index (χ2v) is 8.57. The van der Waals surface area contributed by atoms with Crippen molar-refractivity contribution in [3.63, 3.8) is 0 Å². The van der Waals surface area contributed by atoms with Gasteiger partial charge in [0.1, 0.15) is 23.2 Å². The normalized spacial score (nSPS) is 11.3. The van der Waals surface area contributed by atoms with Gasteiger partial charge in [0.25, 0.3) is 11.8 Å². The molecule has 0 spiro atoms. The number of methoxy groups -OCH3 is 1. The van der Waals surface area contributed by atoms with Gasteiger partial charge in [-0.25, -0.2) is 0 Å². The van der Waals surface area contributed by atoms with Crippen LogP contribution < -0.4 is 26.4 Å². The fraction of sp³-hybridized carbons (Fsp3) is 0.240. The Labute approximate surface area is 217 Å². The standard InChI is InChI=1S/C25H27N5O6S/c1-4-36-18(31)13-28-24(33)21(15-9-11-16(35-3)12-10-15)30(17-8-6-5-7-14(17)2)25(34)22-19(26)20(23(27)32)29-37-22/h5-12,21H,4,13,26H2,1-3H3,(H2,27,32)(H,28,33). The van der Waals surface area contributed by atoms with Gasteiger partial charge in [-0.1, -0.05) is 30.3 Å². The Morgan fingerprint density at radius 1 is 1.11 bits per heavy atom. The summed E-state index contributed by atoms with van der Waals surface area (Å²) in [6.45, 7) is 3.18. The number of hydrogen-bond acceptors (Lipinski definition) is 9. The molecule has 194 valence electrons. The predicted molar refractivity (Wildman–Crippen MR) is 138 cm³/mol. The molecule has 1 unspecified atom stereocenters. The molecule has 3 amide bonds. The maximum atomic E-state index is 14.0. The summed E-state index contributed by atoms with van der Waals surface area (Å²) >= 11 is 0.704. The minimum absolute atomic E-state index is 0.0613. The first kappa shape index (κ1) is 27.1. The lowest BCUT2D eigenvalue weighted by Crippen LogP contribution is -2.45. The fourth-order valence-corrected chi connectivity index (χ4v) is 4.35. The Bertz CT molecular complexity index is 1310. The van der Waals surface area contributed by atoms with Crippen molar-refractivity contribution in [1.29, 1.82) is 0 Å². The lowest BCUT2D eigenvalue weighted by atomic mass is 10.0. The number of aromatic nitrogens is 1. The molecule has 37 heavy (non-hydrogen) atoms. The van der Waals surface area contributed by atoms with Crippen LogP contribution in [0, 0.1) is 6.92 Å². The molecule has 11 nitrogen and oxygen atoms in total. The van der Waals surface area contributed by atoms with E-state index < -0.39 is 36.3 Å². The van der Waals surface area contributed by atoms with Gasteiger partial charge in [-0.3, -0.25) is 24.1 Å². The van der Waals surface area contributed by atoms with Crippen molar-refractivity contribution in [3.8, 4) is 5.75 Å². The number of primary amides is 1. The number of carbonyl (C=O) groups is 4. The van der Waals surface area contributed by atoms with Gasteiger partial charge in [0.15, 0.2) is 5.69 Å². The third-order valence-corrected chi connectivity index (χ3v) is 6.25. The van der Waals surface area contributed by atoms with E-state index in [1.165, 1.54) is 12.0 Å². The highest BCUT2D eigenvalue weighted by molar-refractivity contribution is 7.09. The van der Waals surface area contributed by atoms with Crippen molar-refractivity contribution >= 4 is 46.6 Å². The Morgan fingerprint density at radius 2 is 1.78 bits per heavy atom. The van der Waals surface area contributed by atoms with Crippen LogP contribution >= 0.6 is 11.5 Å². The van der Waals surface area contributed by atoms with Gasteiger partial charge in [0.05, 0.1) is 19.4 Å². The summed E-state index contributed by atoms with van der Waals surface area (Å²) in [5.74, 6) is -2.29. The van der Waals surface area contributed by atoms with E-state index in [2.05, 4.69) is 9.69 Å². The van der Waals surface area contributed by atoms with Crippen molar-refractivity contribution in [2.24, 2.45) is 5.73 Å². The Balaban J connectivity index is 2.17. The maximum Gasteiger partial charge on any atom is 0.325 e. The average molecular weight is 526 g/mol. The number of benzene rings is 2. The Morgan fingerprint density at radius 3 is 2.35 bits per heavy atom. The molecule has 3 rings (SSSR count). The first-order chi connectivity index (χ1) is 17.7. The molecular weight excluding hydrogens is 498 g/mol. The number of carbonyl (C=O) groups excluding carboxylic acids is 4. The summed E-state index contributed by atoms with van der Waals surface area (Å²) in [6, 6.07) is 12.3. The number of nitrogens with two attached hydrogens (primary N) is 2. The minimum Gasteiger partial charge on any atom is -0.497 e. The number of para-hydroxylation sites is 1. The lowest BCUT2D eigenvalue weighted by Gasteiger charge is -2.32. The van der Waals surface area contributed by atoms with Crippen LogP contribution in [0.15, 0.2) is 48.5 Å². The minimum atomic E-state index is -1.24. The third kappa shape index (κ3) is 6.04. The molecule has 1 aromatic heterocycles. The smallest absolute Gasteiger partial charge is 0.325 e. The van der Waals surface area contributed by atoms with E-state index in [-0.39, 0.29) is 22.9 Å². The van der Waals surface area contributed by atoms with Crippen molar-refractivity contribution in [2.75, 3.05) is 30.9 Å². The van der Waals surface area contributed by atoms with E-state index in [4.69, 9.17) is 20.9 Å². The summed E-state index contributed by atoms with van der Waals surface area (Å²) in [5.41, 5.74) is 12.5. The number of esters is 1. The second-order valence-electron chi connectivity index (χ2n) is 7.80. The van der Waals surface area contributed by atoms with Gasteiger partial charge < -0.3 is 26.3 Å². The van der Waals surface area contributed by atoms with Crippen LogP contribution in [0.25, 0.3) is 0 Å². The third-order valence-electron chi connectivity index (χ3n) is 5.40. The first-order valence-electron chi connectivity index (χ1n) is 11.2. The summed E-state index contributed by atoms with van der Waals surface area (Å²) in [7, 11) is 1.50. The molecule has 3 aromatic rings. The number of anilines is 2. The fourth-order valence-electron chi connectivity index (χ4n) is 3.61. The topological polar surface area (TPSA) is 167 Å². The lowest BCUT2D eigenvalue weighted by molar-refractivity contribution is -0.143. The molecule has 12 heteroatoms. The van der Waals surface area contributed by atoms with Gasteiger partial charge in [-0.2, -0.15) is 4.37 Å². The number of rotatable bonds is 10. The number of nitrogens with one attached hydrogen (secondary N) is 1. The van der Waals surface area contributed by atoms with Crippen LogP contribution in [0.2, 0.25) is 0 Å². The molecule has 0 aliphatic rings. The maximum absolute atomic E-state index is 14.0. The monoisotopic (exact) mass is 525 g/mol. The van der Waals surface area contributed by atoms with Crippen LogP contribution in [0.1, 0.15) is 44.3 Å². The molecule has 0 fully saturated rings. The second kappa shape index (κ2) is 12.0. The highest BCUT2D eigenvalue weighted by Gasteiger charge is 2.36. The van der Waals surface area contributed by atoms with Crippen LogP contribution in [0.5, 0.6) is 5.75 Å². The van der Waals surface area contributed by atoms with Gasteiger partial charge in [-0.05, 0) is 54.7 Å². The number of nitrogens with zero attached hydrogens (tertiary/aromatic N) is 2. The molecule has 1 atom stereocenters. The predicted octanol–water partition coefficient (Wildman–Crippen LogP) is 2.21.